The molecule has 0 radical (unpaired) electrons. The third-order valence-corrected chi connectivity index (χ3v) is 3.70. The second-order valence-electron chi connectivity index (χ2n) is 5.20. The molecule has 1 unspecified atom stereocenters. The Morgan fingerprint density at radius 2 is 1.95 bits per heavy atom. The van der Waals surface area contributed by atoms with Crippen molar-refractivity contribution in [3.63, 3.8) is 0 Å². The molecule has 0 aliphatic rings. The van der Waals surface area contributed by atoms with Crippen molar-refractivity contribution in [3.05, 3.63) is 48.0 Å². The number of amides is 1. The maximum Gasteiger partial charge on any atom is 0.224 e. The first-order valence-corrected chi connectivity index (χ1v) is 7.53. The van der Waals surface area contributed by atoms with E-state index in [0.717, 1.165) is 17.4 Å². The van der Waals surface area contributed by atoms with Crippen LogP contribution in [0.3, 0.4) is 0 Å². The lowest BCUT2D eigenvalue weighted by molar-refractivity contribution is -0.120. The first-order valence-electron chi connectivity index (χ1n) is 7.00. The van der Waals surface area contributed by atoms with Gasteiger partial charge in [0, 0.05) is 12.4 Å². The van der Waals surface area contributed by atoms with Crippen LogP contribution in [0.4, 0.5) is 0 Å². The van der Waals surface area contributed by atoms with Crippen LogP contribution in [0.1, 0.15) is 18.9 Å². The van der Waals surface area contributed by atoms with Crippen LogP contribution < -0.4 is 5.32 Å². The fourth-order valence-electron chi connectivity index (χ4n) is 2.26. The number of halogens is 1. The molecule has 0 aliphatic heterocycles. The first-order chi connectivity index (χ1) is 9.70. The maximum absolute atomic E-state index is 12.0. The van der Waals surface area contributed by atoms with E-state index in [9.17, 15) is 4.79 Å². The Hall–Kier alpha value is -1.54. The highest BCUT2D eigenvalue weighted by atomic mass is 35.5. The largest absolute Gasteiger partial charge is 0.356 e. The summed E-state index contributed by atoms with van der Waals surface area (Å²) in [5, 5.41) is 5.31. The number of fused-ring (bicyclic) bond motifs is 1. The van der Waals surface area contributed by atoms with Gasteiger partial charge in [-0.2, -0.15) is 0 Å². The summed E-state index contributed by atoms with van der Waals surface area (Å²) in [7, 11) is 0. The third-order valence-electron chi connectivity index (χ3n) is 3.48. The number of carbonyl (C=O) groups is 1. The molecule has 1 amide bonds. The number of carbonyl (C=O) groups excluding carboxylic acids is 1. The monoisotopic (exact) mass is 289 g/mol. The summed E-state index contributed by atoms with van der Waals surface area (Å²) in [5.74, 6) is 1.13. The van der Waals surface area contributed by atoms with Gasteiger partial charge in [-0.05, 0) is 28.7 Å². The van der Waals surface area contributed by atoms with E-state index in [0.29, 0.717) is 24.8 Å². The highest BCUT2D eigenvalue weighted by Gasteiger charge is 2.08. The van der Waals surface area contributed by atoms with Gasteiger partial charge in [0.25, 0.3) is 0 Å². The van der Waals surface area contributed by atoms with E-state index in [4.69, 9.17) is 11.6 Å². The molecule has 106 valence electrons. The van der Waals surface area contributed by atoms with Gasteiger partial charge in [0.1, 0.15) is 0 Å². The highest BCUT2D eigenvalue weighted by molar-refractivity contribution is 6.17. The highest BCUT2D eigenvalue weighted by Crippen LogP contribution is 2.18. The van der Waals surface area contributed by atoms with Gasteiger partial charge in [-0.3, -0.25) is 4.79 Å². The Morgan fingerprint density at radius 1 is 1.20 bits per heavy atom. The molecule has 0 bridgehead atoms. The fourth-order valence-corrected chi connectivity index (χ4v) is 2.63. The summed E-state index contributed by atoms with van der Waals surface area (Å²) in [5.41, 5.74) is 1.07. The molecule has 0 aliphatic carbocycles. The van der Waals surface area contributed by atoms with E-state index in [2.05, 4.69) is 30.4 Å². The molecule has 3 heteroatoms. The fraction of sp³-hybridized carbons (Fsp3) is 0.353. The van der Waals surface area contributed by atoms with Crippen LogP contribution in [0.2, 0.25) is 0 Å². The van der Waals surface area contributed by atoms with Crippen LogP contribution in [-0.4, -0.2) is 18.3 Å². The predicted molar refractivity (Wildman–Crippen MR) is 85.2 cm³/mol. The first kappa shape index (κ1) is 14.9. The van der Waals surface area contributed by atoms with Gasteiger partial charge in [-0.25, -0.2) is 0 Å². The Morgan fingerprint density at radius 3 is 2.75 bits per heavy atom. The van der Waals surface area contributed by atoms with Gasteiger partial charge in [0.15, 0.2) is 0 Å². The number of hydrogen-bond acceptors (Lipinski definition) is 1. The molecule has 0 fully saturated rings. The molecule has 0 saturated heterocycles. The molecule has 0 saturated carbocycles. The van der Waals surface area contributed by atoms with Crippen molar-refractivity contribution in [1.29, 1.82) is 0 Å². The van der Waals surface area contributed by atoms with E-state index in [1.807, 2.05) is 24.3 Å². The molecule has 0 spiro atoms. The lowest BCUT2D eigenvalue weighted by atomic mass is 10.0. The van der Waals surface area contributed by atoms with Gasteiger partial charge in [-0.1, -0.05) is 49.4 Å². The summed E-state index contributed by atoms with van der Waals surface area (Å²) >= 11 is 5.69. The van der Waals surface area contributed by atoms with Crippen LogP contribution in [0.15, 0.2) is 42.5 Å². The lowest BCUT2D eigenvalue weighted by Crippen LogP contribution is -2.29. The number of nitrogens with one attached hydrogen (secondary N) is 1. The summed E-state index contributed by atoms with van der Waals surface area (Å²) in [4.78, 5) is 12.0. The second-order valence-corrected chi connectivity index (χ2v) is 5.58. The summed E-state index contributed by atoms with van der Waals surface area (Å²) < 4.78 is 0. The minimum atomic E-state index is 0.0720. The van der Waals surface area contributed by atoms with Gasteiger partial charge in [0.05, 0.1) is 6.42 Å². The molecule has 1 N–H and O–H groups in total. The molecule has 0 aromatic heterocycles. The van der Waals surface area contributed by atoms with Crippen molar-refractivity contribution in [3.8, 4) is 0 Å². The van der Waals surface area contributed by atoms with Crippen LogP contribution in [-0.2, 0) is 11.2 Å². The van der Waals surface area contributed by atoms with E-state index < -0.39 is 0 Å². The minimum absolute atomic E-state index is 0.0720. The molecule has 2 aromatic rings. The van der Waals surface area contributed by atoms with Crippen LogP contribution in [0.5, 0.6) is 0 Å². The van der Waals surface area contributed by atoms with Crippen LogP contribution in [0, 0.1) is 5.92 Å². The lowest BCUT2D eigenvalue weighted by Gasteiger charge is -2.12. The smallest absolute Gasteiger partial charge is 0.224 e. The van der Waals surface area contributed by atoms with Crippen LogP contribution >= 0.6 is 11.6 Å². The van der Waals surface area contributed by atoms with Crippen molar-refractivity contribution < 1.29 is 4.79 Å². The summed E-state index contributed by atoms with van der Waals surface area (Å²) in [6, 6.07) is 14.2. The predicted octanol–water partition coefficient (Wildman–Crippen LogP) is 3.76. The van der Waals surface area contributed by atoms with Crippen molar-refractivity contribution in [1.82, 2.24) is 5.32 Å². The number of hydrogen-bond donors (Lipinski definition) is 1. The van der Waals surface area contributed by atoms with Crippen molar-refractivity contribution in [2.45, 2.75) is 19.8 Å². The molecular formula is C17H20ClNO. The average Bonchev–Trinajstić information content (AvgIpc) is 2.46. The van der Waals surface area contributed by atoms with E-state index in [-0.39, 0.29) is 5.91 Å². The Labute approximate surface area is 125 Å². The second kappa shape index (κ2) is 7.30. The molecule has 0 heterocycles. The Kier molecular flexibility index (Phi) is 5.42. The minimum Gasteiger partial charge on any atom is -0.356 e. The number of rotatable bonds is 6. The zero-order chi connectivity index (χ0) is 14.4. The SMILES string of the molecule is CC(CCCl)CNC(=O)Cc1cccc2ccccc12. The molecule has 2 nitrogen and oxygen atoms in total. The maximum atomic E-state index is 12.0. The topological polar surface area (TPSA) is 29.1 Å². The standard InChI is InChI=1S/C17H20ClNO/c1-13(9-10-18)12-19-17(20)11-15-7-4-6-14-5-2-3-8-16(14)15/h2-8,13H,9-12H2,1H3,(H,19,20). The normalized spacial score (nSPS) is 12.3. The van der Waals surface area contributed by atoms with Crippen molar-refractivity contribution in [2.24, 2.45) is 5.92 Å². The number of benzene rings is 2. The summed E-state index contributed by atoms with van der Waals surface area (Å²) in [6.45, 7) is 2.79. The zero-order valence-electron chi connectivity index (χ0n) is 11.7. The third kappa shape index (κ3) is 3.97. The van der Waals surface area contributed by atoms with E-state index >= 15 is 0 Å². The summed E-state index contributed by atoms with van der Waals surface area (Å²) in [6.07, 6.45) is 1.35. The Bertz CT molecular complexity index is 577. The molecular weight excluding hydrogens is 270 g/mol. The van der Waals surface area contributed by atoms with Gasteiger partial charge in [0.2, 0.25) is 5.91 Å². The van der Waals surface area contributed by atoms with Gasteiger partial charge in [-0.15, -0.1) is 11.6 Å². The Balaban J connectivity index is 1.99. The van der Waals surface area contributed by atoms with Crippen LogP contribution in [0.25, 0.3) is 10.8 Å². The number of alkyl halides is 1. The van der Waals surface area contributed by atoms with Crippen molar-refractivity contribution in [2.75, 3.05) is 12.4 Å². The quantitative estimate of drug-likeness (QED) is 0.806. The van der Waals surface area contributed by atoms with Gasteiger partial charge < -0.3 is 5.32 Å². The molecule has 2 aromatic carbocycles. The molecule has 20 heavy (non-hydrogen) atoms. The van der Waals surface area contributed by atoms with E-state index in [1.54, 1.807) is 0 Å². The average molecular weight is 290 g/mol. The zero-order valence-corrected chi connectivity index (χ0v) is 12.5. The molecule has 1 atom stereocenters. The molecule has 2 rings (SSSR count). The van der Waals surface area contributed by atoms with Crippen molar-refractivity contribution >= 4 is 28.3 Å². The van der Waals surface area contributed by atoms with E-state index in [1.165, 1.54) is 5.39 Å². The van der Waals surface area contributed by atoms with Gasteiger partial charge >= 0.3 is 0 Å².